The molecule has 0 saturated heterocycles. The average molecular weight is 331 g/mol. The van der Waals surface area contributed by atoms with Crippen LogP contribution in [0.1, 0.15) is 26.3 Å². The first-order chi connectivity index (χ1) is 8.99. The lowest BCUT2D eigenvalue weighted by molar-refractivity contribution is -0.0562. The molecular weight excluding hydrogens is 308 g/mol. The van der Waals surface area contributed by atoms with Gasteiger partial charge in [0.2, 0.25) is 0 Å². The van der Waals surface area contributed by atoms with E-state index >= 15 is 0 Å². The monoisotopic (exact) mass is 330 g/mol. The Labute approximate surface area is 124 Å². The van der Waals surface area contributed by atoms with Crippen LogP contribution in [0.25, 0.3) is 0 Å². The van der Waals surface area contributed by atoms with E-state index in [0.717, 1.165) is 15.8 Å². The van der Waals surface area contributed by atoms with Crippen LogP contribution in [-0.4, -0.2) is 31.0 Å². The molecule has 19 heavy (non-hydrogen) atoms. The Morgan fingerprint density at radius 1 is 1.32 bits per heavy atom. The molecule has 0 aliphatic rings. The van der Waals surface area contributed by atoms with Gasteiger partial charge in [-0.05, 0) is 36.6 Å². The van der Waals surface area contributed by atoms with Crippen LogP contribution in [0.5, 0.6) is 5.75 Å². The van der Waals surface area contributed by atoms with Gasteiger partial charge in [0.15, 0.2) is 0 Å². The largest absolute Gasteiger partial charge is 0.497 e. The second-order valence-corrected chi connectivity index (χ2v) is 5.75. The van der Waals surface area contributed by atoms with Crippen molar-refractivity contribution in [3.8, 4) is 5.75 Å². The Balaban J connectivity index is 2.82. The Hall–Kier alpha value is -0.580. The van der Waals surface area contributed by atoms with Crippen LogP contribution in [0.4, 0.5) is 0 Å². The summed E-state index contributed by atoms with van der Waals surface area (Å²) in [6.45, 7) is 6.68. The molecule has 2 atom stereocenters. The summed E-state index contributed by atoms with van der Waals surface area (Å²) in [7, 11) is 1.64. The second kappa shape index (κ2) is 7.88. The van der Waals surface area contributed by atoms with Gasteiger partial charge in [-0.25, -0.2) is 0 Å². The summed E-state index contributed by atoms with van der Waals surface area (Å²) in [5.41, 5.74) is 1.03. The van der Waals surface area contributed by atoms with E-state index in [2.05, 4.69) is 29.8 Å². The number of halogens is 1. The number of hydrogen-bond donors (Lipinski definition) is 1. The van der Waals surface area contributed by atoms with Crippen molar-refractivity contribution in [1.29, 1.82) is 0 Å². The van der Waals surface area contributed by atoms with Gasteiger partial charge in [0, 0.05) is 17.5 Å². The summed E-state index contributed by atoms with van der Waals surface area (Å²) < 4.78 is 11.8. The van der Waals surface area contributed by atoms with Crippen molar-refractivity contribution < 1.29 is 14.6 Å². The zero-order valence-corrected chi connectivity index (χ0v) is 13.6. The predicted molar refractivity (Wildman–Crippen MR) is 80.7 cm³/mol. The van der Waals surface area contributed by atoms with Gasteiger partial charge in [0.05, 0.1) is 19.3 Å². The van der Waals surface area contributed by atoms with Crippen LogP contribution in [0.3, 0.4) is 0 Å². The summed E-state index contributed by atoms with van der Waals surface area (Å²) in [6.07, 6.45) is -0.132. The third kappa shape index (κ3) is 4.79. The van der Waals surface area contributed by atoms with E-state index in [1.165, 1.54) is 0 Å². The summed E-state index contributed by atoms with van der Waals surface area (Å²) in [5.74, 6) is 1.07. The van der Waals surface area contributed by atoms with Gasteiger partial charge in [0.25, 0.3) is 0 Å². The first-order valence-electron chi connectivity index (χ1n) is 6.61. The maximum Gasteiger partial charge on any atom is 0.119 e. The van der Waals surface area contributed by atoms with Gasteiger partial charge in [-0.15, -0.1) is 0 Å². The third-order valence-electron chi connectivity index (χ3n) is 3.08. The smallest absolute Gasteiger partial charge is 0.119 e. The lowest BCUT2D eigenvalue weighted by Gasteiger charge is -2.26. The standard InChI is InChI=1S/C15H23BrO3/c1-5-19-15(10(2)3)14(17)9-11-8-12(18-4)6-7-13(11)16/h6-8,10,14-15,17H,5,9H2,1-4H3. The molecule has 0 heterocycles. The number of aliphatic hydroxyl groups is 1. The molecule has 0 radical (unpaired) electrons. The van der Waals surface area contributed by atoms with Gasteiger partial charge >= 0.3 is 0 Å². The van der Waals surface area contributed by atoms with Crippen molar-refractivity contribution in [2.45, 2.75) is 39.4 Å². The van der Waals surface area contributed by atoms with Crippen LogP contribution < -0.4 is 4.74 Å². The van der Waals surface area contributed by atoms with E-state index in [1.54, 1.807) is 7.11 Å². The van der Waals surface area contributed by atoms with Crippen molar-refractivity contribution in [3.63, 3.8) is 0 Å². The Morgan fingerprint density at radius 2 is 2.00 bits per heavy atom. The number of benzene rings is 1. The van der Waals surface area contributed by atoms with Gasteiger partial charge in [0.1, 0.15) is 5.75 Å². The number of methoxy groups -OCH3 is 1. The highest BCUT2D eigenvalue weighted by molar-refractivity contribution is 9.10. The summed E-state index contributed by atoms with van der Waals surface area (Å²) in [4.78, 5) is 0. The topological polar surface area (TPSA) is 38.7 Å². The van der Waals surface area contributed by atoms with Gasteiger partial charge in [-0.2, -0.15) is 0 Å². The van der Waals surface area contributed by atoms with Crippen LogP contribution >= 0.6 is 15.9 Å². The minimum atomic E-state index is -0.525. The molecule has 1 rings (SSSR count). The first kappa shape index (κ1) is 16.5. The fraction of sp³-hybridized carbons (Fsp3) is 0.600. The van der Waals surface area contributed by atoms with Crippen LogP contribution in [0.15, 0.2) is 22.7 Å². The average Bonchev–Trinajstić information content (AvgIpc) is 2.38. The molecule has 0 aromatic heterocycles. The molecule has 0 aliphatic carbocycles. The molecule has 0 fully saturated rings. The summed E-state index contributed by atoms with van der Waals surface area (Å²) in [5, 5.41) is 10.4. The van der Waals surface area contributed by atoms with Crippen molar-refractivity contribution in [2.24, 2.45) is 5.92 Å². The molecule has 1 aromatic carbocycles. The maximum absolute atomic E-state index is 10.4. The lowest BCUT2D eigenvalue weighted by Crippen LogP contribution is -2.35. The molecule has 1 N–H and O–H groups in total. The maximum atomic E-state index is 10.4. The van der Waals surface area contributed by atoms with Gasteiger partial charge in [-0.3, -0.25) is 0 Å². The minimum Gasteiger partial charge on any atom is -0.497 e. The predicted octanol–water partition coefficient (Wildman–Crippen LogP) is 3.42. The van der Waals surface area contributed by atoms with Gasteiger partial charge in [-0.1, -0.05) is 29.8 Å². The minimum absolute atomic E-state index is 0.150. The number of hydrogen-bond acceptors (Lipinski definition) is 3. The highest BCUT2D eigenvalue weighted by atomic mass is 79.9. The first-order valence-corrected chi connectivity index (χ1v) is 7.41. The number of rotatable bonds is 7. The fourth-order valence-electron chi connectivity index (χ4n) is 2.12. The fourth-order valence-corrected chi connectivity index (χ4v) is 2.52. The zero-order chi connectivity index (χ0) is 14.4. The molecule has 0 amide bonds. The van der Waals surface area contributed by atoms with Crippen molar-refractivity contribution in [3.05, 3.63) is 28.2 Å². The van der Waals surface area contributed by atoms with E-state index < -0.39 is 6.10 Å². The molecule has 3 nitrogen and oxygen atoms in total. The molecule has 0 saturated carbocycles. The Kier molecular flexibility index (Phi) is 6.83. The Bertz CT molecular complexity index is 393. The molecule has 1 aromatic rings. The molecule has 0 spiro atoms. The Morgan fingerprint density at radius 3 is 2.53 bits per heavy atom. The molecule has 0 bridgehead atoms. The van der Waals surface area contributed by atoms with Crippen molar-refractivity contribution >= 4 is 15.9 Å². The van der Waals surface area contributed by atoms with E-state index in [9.17, 15) is 5.11 Å². The van der Waals surface area contributed by atoms with Crippen LogP contribution in [-0.2, 0) is 11.2 Å². The number of aliphatic hydroxyl groups excluding tert-OH is 1. The van der Waals surface area contributed by atoms with E-state index in [4.69, 9.17) is 9.47 Å². The third-order valence-corrected chi connectivity index (χ3v) is 3.85. The highest BCUT2D eigenvalue weighted by Gasteiger charge is 2.24. The van der Waals surface area contributed by atoms with Crippen molar-refractivity contribution in [1.82, 2.24) is 0 Å². The quantitative estimate of drug-likeness (QED) is 0.832. The molecule has 0 aliphatic heterocycles. The van der Waals surface area contributed by atoms with Gasteiger partial charge < -0.3 is 14.6 Å². The van der Waals surface area contributed by atoms with E-state index in [1.807, 2.05) is 25.1 Å². The number of ether oxygens (including phenoxy) is 2. The van der Waals surface area contributed by atoms with Crippen LogP contribution in [0.2, 0.25) is 0 Å². The summed E-state index contributed by atoms with van der Waals surface area (Å²) in [6, 6.07) is 5.77. The second-order valence-electron chi connectivity index (χ2n) is 4.89. The van der Waals surface area contributed by atoms with Crippen molar-refractivity contribution in [2.75, 3.05) is 13.7 Å². The molecule has 4 heteroatoms. The normalized spacial score (nSPS) is 14.5. The molecule has 2 unspecified atom stereocenters. The van der Waals surface area contributed by atoms with E-state index in [-0.39, 0.29) is 12.0 Å². The summed E-state index contributed by atoms with van der Waals surface area (Å²) >= 11 is 3.51. The van der Waals surface area contributed by atoms with Crippen LogP contribution in [0, 0.1) is 5.92 Å². The SMILES string of the molecule is CCOC(C(C)C)C(O)Cc1cc(OC)ccc1Br. The zero-order valence-electron chi connectivity index (χ0n) is 12.0. The molecule has 108 valence electrons. The lowest BCUT2D eigenvalue weighted by atomic mass is 9.96. The molecular formula is C15H23BrO3. The van der Waals surface area contributed by atoms with E-state index in [0.29, 0.717) is 13.0 Å². The highest BCUT2D eigenvalue weighted by Crippen LogP contribution is 2.25.